The van der Waals surface area contributed by atoms with Crippen LogP contribution in [-0.4, -0.2) is 54.1 Å². The molecule has 1 aromatic rings. The molecule has 1 unspecified atom stereocenters. The summed E-state index contributed by atoms with van der Waals surface area (Å²) in [7, 11) is 2.23. The number of hydrogen-bond donors (Lipinski definition) is 1. The van der Waals surface area contributed by atoms with E-state index in [0.29, 0.717) is 12.0 Å². The van der Waals surface area contributed by atoms with Crippen LogP contribution in [0.4, 0.5) is 11.6 Å². The first-order chi connectivity index (χ1) is 10.2. The van der Waals surface area contributed by atoms with Crippen molar-refractivity contribution in [3.05, 3.63) is 11.9 Å². The molecular formula is C16H27N5. The SMILES string of the molecule is CCNc1cc(N2CCN(C)C(CC)C2)nc(C2CC2)n1. The predicted octanol–water partition coefficient (Wildman–Crippen LogP) is 2.32. The first-order valence-corrected chi connectivity index (χ1v) is 8.29. The van der Waals surface area contributed by atoms with Crippen molar-refractivity contribution in [1.82, 2.24) is 14.9 Å². The molecule has 2 aliphatic rings. The molecule has 1 aliphatic heterocycles. The summed E-state index contributed by atoms with van der Waals surface area (Å²) >= 11 is 0. The van der Waals surface area contributed by atoms with Crippen LogP contribution in [0.2, 0.25) is 0 Å². The second-order valence-electron chi connectivity index (χ2n) is 6.26. The number of nitrogens with one attached hydrogen (secondary N) is 1. The quantitative estimate of drug-likeness (QED) is 0.901. The third kappa shape index (κ3) is 3.28. The van der Waals surface area contributed by atoms with E-state index in [1.165, 1.54) is 19.3 Å². The fourth-order valence-corrected chi connectivity index (χ4v) is 3.01. The highest BCUT2D eigenvalue weighted by Gasteiger charge is 2.29. The van der Waals surface area contributed by atoms with Gasteiger partial charge < -0.3 is 10.2 Å². The van der Waals surface area contributed by atoms with Crippen molar-refractivity contribution in [2.45, 2.75) is 45.1 Å². The van der Waals surface area contributed by atoms with Crippen molar-refractivity contribution in [3.8, 4) is 0 Å². The maximum atomic E-state index is 4.85. The average molecular weight is 289 g/mol. The molecule has 0 radical (unpaired) electrons. The number of anilines is 2. The number of hydrogen-bond acceptors (Lipinski definition) is 5. The monoisotopic (exact) mass is 289 g/mol. The highest BCUT2D eigenvalue weighted by atomic mass is 15.3. The van der Waals surface area contributed by atoms with E-state index in [4.69, 9.17) is 4.98 Å². The van der Waals surface area contributed by atoms with Crippen LogP contribution >= 0.6 is 0 Å². The molecule has 3 rings (SSSR count). The van der Waals surface area contributed by atoms with E-state index in [2.05, 4.69) is 47.1 Å². The second kappa shape index (κ2) is 6.18. The van der Waals surface area contributed by atoms with Crippen molar-refractivity contribution < 1.29 is 0 Å². The molecule has 0 bridgehead atoms. The zero-order chi connectivity index (χ0) is 14.8. The molecule has 1 N–H and O–H groups in total. The minimum Gasteiger partial charge on any atom is -0.370 e. The van der Waals surface area contributed by atoms with Crippen molar-refractivity contribution in [2.24, 2.45) is 0 Å². The van der Waals surface area contributed by atoms with Gasteiger partial charge in [0.15, 0.2) is 0 Å². The Balaban J connectivity index is 1.83. The maximum Gasteiger partial charge on any atom is 0.136 e. The lowest BCUT2D eigenvalue weighted by Gasteiger charge is -2.39. The Morgan fingerprint density at radius 2 is 2.05 bits per heavy atom. The summed E-state index contributed by atoms with van der Waals surface area (Å²) in [5.41, 5.74) is 0. The summed E-state index contributed by atoms with van der Waals surface area (Å²) < 4.78 is 0. The fourth-order valence-electron chi connectivity index (χ4n) is 3.01. The summed E-state index contributed by atoms with van der Waals surface area (Å²) in [6.07, 6.45) is 3.68. The van der Waals surface area contributed by atoms with Gasteiger partial charge in [-0.25, -0.2) is 9.97 Å². The normalized spacial score (nSPS) is 23.4. The summed E-state index contributed by atoms with van der Waals surface area (Å²) in [4.78, 5) is 14.4. The van der Waals surface area contributed by atoms with Crippen molar-refractivity contribution >= 4 is 11.6 Å². The van der Waals surface area contributed by atoms with Gasteiger partial charge in [-0.3, -0.25) is 4.90 Å². The van der Waals surface area contributed by atoms with Crippen molar-refractivity contribution in [3.63, 3.8) is 0 Å². The Morgan fingerprint density at radius 1 is 1.24 bits per heavy atom. The Hall–Kier alpha value is -1.36. The predicted molar refractivity (Wildman–Crippen MR) is 87.1 cm³/mol. The maximum absolute atomic E-state index is 4.85. The minimum absolute atomic E-state index is 0.594. The van der Waals surface area contributed by atoms with E-state index < -0.39 is 0 Å². The fraction of sp³-hybridized carbons (Fsp3) is 0.750. The molecule has 1 aliphatic carbocycles. The third-order valence-corrected chi connectivity index (χ3v) is 4.60. The Labute approximate surface area is 127 Å². The van der Waals surface area contributed by atoms with Gasteiger partial charge in [-0.05, 0) is 33.2 Å². The average Bonchev–Trinajstić information content (AvgIpc) is 3.32. The molecule has 2 fully saturated rings. The van der Waals surface area contributed by atoms with Gasteiger partial charge in [-0.15, -0.1) is 0 Å². The number of nitrogens with zero attached hydrogens (tertiary/aromatic N) is 4. The summed E-state index contributed by atoms with van der Waals surface area (Å²) in [5, 5.41) is 3.36. The first-order valence-electron chi connectivity index (χ1n) is 8.29. The summed E-state index contributed by atoms with van der Waals surface area (Å²) in [6, 6.07) is 2.74. The topological polar surface area (TPSA) is 44.3 Å². The lowest BCUT2D eigenvalue weighted by molar-refractivity contribution is 0.213. The molecule has 0 aromatic carbocycles. The molecule has 0 spiro atoms. The molecule has 5 heteroatoms. The van der Waals surface area contributed by atoms with Gasteiger partial charge in [-0.1, -0.05) is 6.92 Å². The molecule has 2 heterocycles. The molecule has 5 nitrogen and oxygen atoms in total. The van der Waals surface area contributed by atoms with E-state index >= 15 is 0 Å². The standard InChI is InChI=1S/C16H27N5/c1-4-13-11-21(9-8-20(13)3)15-10-14(17-5-2)18-16(19-15)12-6-7-12/h10,12-13H,4-9,11H2,1-3H3,(H,17,18,19). The van der Waals surface area contributed by atoms with Gasteiger partial charge in [-0.2, -0.15) is 0 Å². The molecule has 1 atom stereocenters. The number of aromatic nitrogens is 2. The Morgan fingerprint density at radius 3 is 2.71 bits per heavy atom. The largest absolute Gasteiger partial charge is 0.370 e. The van der Waals surface area contributed by atoms with E-state index in [-0.39, 0.29) is 0 Å². The molecule has 1 saturated heterocycles. The highest BCUT2D eigenvalue weighted by molar-refractivity contribution is 5.50. The second-order valence-corrected chi connectivity index (χ2v) is 6.26. The summed E-state index contributed by atoms with van der Waals surface area (Å²) in [5.74, 6) is 3.72. The lowest BCUT2D eigenvalue weighted by atomic mass is 10.1. The summed E-state index contributed by atoms with van der Waals surface area (Å²) in [6.45, 7) is 8.52. The van der Waals surface area contributed by atoms with E-state index in [1.807, 2.05) is 0 Å². The van der Waals surface area contributed by atoms with Gasteiger partial charge in [0.1, 0.15) is 17.5 Å². The van der Waals surface area contributed by atoms with Crippen LogP contribution < -0.4 is 10.2 Å². The van der Waals surface area contributed by atoms with Crippen molar-refractivity contribution in [2.75, 3.05) is 43.4 Å². The lowest BCUT2D eigenvalue weighted by Crippen LogP contribution is -2.51. The number of rotatable bonds is 5. The third-order valence-electron chi connectivity index (χ3n) is 4.60. The zero-order valence-electron chi connectivity index (χ0n) is 13.5. The molecule has 116 valence electrons. The van der Waals surface area contributed by atoms with Crippen LogP contribution in [0.3, 0.4) is 0 Å². The zero-order valence-corrected chi connectivity index (χ0v) is 13.5. The molecule has 0 amide bonds. The van der Waals surface area contributed by atoms with Gasteiger partial charge >= 0.3 is 0 Å². The van der Waals surface area contributed by atoms with E-state index in [0.717, 1.165) is 43.6 Å². The molecule has 21 heavy (non-hydrogen) atoms. The minimum atomic E-state index is 0.594. The molecular weight excluding hydrogens is 262 g/mol. The highest BCUT2D eigenvalue weighted by Crippen LogP contribution is 2.39. The van der Waals surface area contributed by atoms with Crippen LogP contribution in [0.5, 0.6) is 0 Å². The van der Waals surface area contributed by atoms with Crippen LogP contribution in [0.15, 0.2) is 6.07 Å². The van der Waals surface area contributed by atoms with Gasteiger partial charge in [0.25, 0.3) is 0 Å². The van der Waals surface area contributed by atoms with Crippen LogP contribution in [0.25, 0.3) is 0 Å². The number of piperazine rings is 1. The smallest absolute Gasteiger partial charge is 0.136 e. The Kier molecular flexibility index (Phi) is 4.29. The van der Waals surface area contributed by atoms with Crippen LogP contribution in [0, 0.1) is 0 Å². The van der Waals surface area contributed by atoms with Gasteiger partial charge in [0, 0.05) is 44.2 Å². The number of likely N-dealkylation sites (N-methyl/N-ethyl adjacent to an activating group) is 1. The van der Waals surface area contributed by atoms with Gasteiger partial charge in [0.2, 0.25) is 0 Å². The molecule has 1 aromatic heterocycles. The van der Waals surface area contributed by atoms with Crippen LogP contribution in [-0.2, 0) is 0 Å². The van der Waals surface area contributed by atoms with Crippen LogP contribution in [0.1, 0.15) is 44.9 Å². The molecule has 1 saturated carbocycles. The van der Waals surface area contributed by atoms with E-state index in [1.54, 1.807) is 0 Å². The van der Waals surface area contributed by atoms with E-state index in [9.17, 15) is 0 Å². The van der Waals surface area contributed by atoms with Gasteiger partial charge in [0.05, 0.1) is 0 Å². The first kappa shape index (κ1) is 14.6. The Bertz CT molecular complexity index is 486. The van der Waals surface area contributed by atoms with Crippen molar-refractivity contribution in [1.29, 1.82) is 0 Å².